The lowest BCUT2D eigenvalue weighted by molar-refractivity contribution is 0.0905. The van der Waals surface area contributed by atoms with Crippen LogP contribution < -0.4 is 10.6 Å². The maximum atomic E-state index is 12.7. The first-order valence-electron chi connectivity index (χ1n) is 8.35. The molecule has 0 saturated heterocycles. The highest BCUT2D eigenvalue weighted by molar-refractivity contribution is 9.10. The van der Waals surface area contributed by atoms with Gasteiger partial charge in [0.2, 0.25) is 0 Å². The van der Waals surface area contributed by atoms with E-state index in [1.807, 2.05) is 38.3 Å². The smallest absolute Gasteiger partial charge is 0.404 e. The third-order valence-electron chi connectivity index (χ3n) is 4.09. The third kappa shape index (κ3) is 6.52. The minimum Gasteiger partial charge on any atom is -0.465 e. The Bertz CT molecular complexity index is 802. The summed E-state index contributed by atoms with van der Waals surface area (Å²) in [5.74, 6) is -0.230. The number of carbonyl (C=O) groups is 2. The van der Waals surface area contributed by atoms with E-state index in [-0.39, 0.29) is 5.91 Å². The summed E-state index contributed by atoms with van der Waals surface area (Å²) in [6.45, 7) is 5.82. The van der Waals surface area contributed by atoms with Crippen LogP contribution in [0.2, 0.25) is 5.02 Å². The van der Waals surface area contributed by atoms with Gasteiger partial charge in [-0.3, -0.25) is 4.79 Å². The molecule has 3 N–H and O–H groups in total. The number of benzene rings is 1. The average Bonchev–Trinajstić information content (AvgIpc) is 2.99. The predicted octanol–water partition coefficient (Wildman–Crippen LogP) is 5.19. The van der Waals surface area contributed by atoms with E-state index in [0.717, 1.165) is 10.0 Å². The van der Waals surface area contributed by atoms with E-state index in [1.165, 1.54) is 11.3 Å². The van der Waals surface area contributed by atoms with Gasteiger partial charge >= 0.3 is 6.09 Å². The van der Waals surface area contributed by atoms with Crippen molar-refractivity contribution in [1.82, 2.24) is 10.6 Å². The maximum absolute atomic E-state index is 12.7. The van der Waals surface area contributed by atoms with Gasteiger partial charge < -0.3 is 15.7 Å². The molecule has 5 nitrogen and oxygen atoms in total. The third-order valence-corrected chi connectivity index (χ3v) is 6.03. The second-order valence-electron chi connectivity index (χ2n) is 7.33. The van der Waals surface area contributed by atoms with Crippen LogP contribution in [0.5, 0.6) is 0 Å². The predicted molar refractivity (Wildman–Crippen MR) is 113 cm³/mol. The van der Waals surface area contributed by atoms with Crippen LogP contribution in [0.4, 0.5) is 4.79 Å². The molecule has 8 heteroatoms. The first-order valence-corrected chi connectivity index (χ1v) is 10.4. The first kappa shape index (κ1) is 21.7. The zero-order valence-corrected chi connectivity index (χ0v) is 18.4. The molecule has 0 aliphatic rings. The molecule has 0 bridgehead atoms. The molecule has 146 valence electrons. The Morgan fingerprint density at radius 2 is 1.85 bits per heavy atom. The summed E-state index contributed by atoms with van der Waals surface area (Å²) in [6, 6.07) is 8.14. The Kier molecular flexibility index (Phi) is 7.31. The van der Waals surface area contributed by atoms with Crippen LogP contribution in [0.1, 0.15) is 36.0 Å². The van der Waals surface area contributed by atoms with E-state index in [4.69, 9.17) is 11.6 Å². The standard InChI is InChI=1S/C19H22BrClN2O3S/c1-19(2,3)16(23-18(25)26)14(8-11-4-6-13(21)7-5-11)22-17(24)15-9-12(20)10-27-15/h4-7,9-10,14,16,23H,8H2,1-3H3,(H,22,24)(H,25,26)/t14-,16?/m0/s1. The van der Waals surface area contributed by atoms with E-state index in [2.05, 4.69) is 26.6 Å². The van der Waals surface area contributed by atoms with Gasteiger partial charge in [0.1, 0.15) is 0 Å². The first-order chi connectivity index (χ1) is 12.6. The normalized spacial score (nSPS) is 13.7. The topological polar surface area (TPSA) is 78.4 Å². The molecule has 1 aromatic carbocycles. The zero-order chi connectivity index (χ0) is 20.2. The summed E-state index contributed by atoms with van der Waals surface area (Å²) in [5, 5.41) is 17.4. The molecule has 0 fully saturated rings. The van der Waals surface area contributed by atoms with Crippen molar-refractivity contribution in [3.05, 3.63) is 55.6 Å². The molecule has 0 radical (unpaired) electrons. The number of halogens is 2. The van der Waals surface area contributed by atoms with Crippen molar-refractivity contribution < 1.29 is 14.7 Å². The molecule has 0 saturated carbocycles. The Hall–Kier alpha value is -1.57. The number of hydrogen-bond acceptors (Lipinski definition) is 3. The van der Waals surface area contributed by atoms with Gasteiger partial charge in [-0.15, -0.1) is 11.3 Å². The molecule has 2 atom stereocenters. The molecule has 0 aliphatic heterocycles. The number of nitrogens with one attached hydrogen (secondary N) is 2. The van der Waals surface area contributed by atoms with Crippen molar-refractivity contribution in [1.29, 1.82) is 0 Å². The van der Waals surface area contributed by atoms with E-state index in [9.17, 15) is 14.7 Å². The molecule has 1 heterocycles. The number of amides is 2. The van der Waals surface area contributed by atoms with Gasteiger partial charge in [0, 0.05) is 14.9 Å². The molecular formula is C19H22BrClN2O3S. The minimum atomic E-state index is -1.12. The Morgan fingerprint density at radius 3 is 2.33 bits per heavy atom. The van der Waals surface area contributed by atoms with Crippen LogP contribution in [-0.4, -0.2) is 29.2 Å². The molecule has 2 amide bonds. The summed E-state index contributed by atoms with van der Waals surface area (Å²) in [6.07, 6.45) is -0.651. The van der Waals surface area contributed by atoms with Crippen molar-refractivity contribution >= 4 is 50.9 Å². The fraction of sp³-hybridized carbons (Fsp3) is 0.368. The second kappa shape index (κ2) is 9.08. The fourth-order valence-corrected chi connectivity index (χ4v) is 4.31. The van der Waals surface area contributed by atoms with Crippen LogP contribution in [0.25, 0.3) is 0 Å². The summed E-state index contributed by atoms with van der Waals surface area (Å²) in [4.78, 5) is 24.6. The highest BCUT2D eigenvalue weighted by Gasteiger charge is 2.35. The molecule has 0 spiro atoms. The monoisotopic (exact) mass is 472 g/mol. The second-order valence-corrected chi connectivity index (χ2v) is 9.60. The SMILES string of the molecule is CC(C)(C)C(NC(=O)O)[C@H](Cc1ccc(Cl)cc1)NC(=O)c1cc(Br)cs1. The highest BCUT2D eigenvalue weighted by atomic mass is 79.9. The van der Waals surface area contributed by atoms with E-state index < -0.39 is 23.6 Å². The van der Waals surface area contributed by atoms with Gasteiger partial charge in [-0.05, 0) is 51.5 Å². The lowest BCUT2D eigenvalue weighted by atomic mass is 9.80. The zero-order valence-electron chi connectivity index (χ0n) is 15.3. The highest BCUT2D eigenvalue weighted by Crippen LogP contribution is 2.26. The minimum absolute atomic E-state index is 0.230. The molecule has 27 heavy (non-hydrogen) atoms. The summed E-state index contributed by atoms with van der Waals surface area (Å²) >= 11 is 10.6. The maximum Gasteiger partial charge on any atom is 0.404 e. The molecule has 1 unspecified atom stereocenters. The van der Waals surface area contributed by atoms with Crippen molar-refractivity contribution in [2.24, 2.45) is 5.41 Å². The molecule has 1 aromatic heterocycles. The van der Waals surface area contributed by atoms with Crippen LogP contribution >= 0.6 is 38.9 Å². The number of thiophene rings is 1. The fourth-order valence-electron chi connectivity index (χ4n) is 2.85. The van der Waals surface area contributed by atoms with Crippen LogP contribution in [0.15, 0.2) is 40.2 Å². The van der Waals surface area contributed by atoms with Gasteiger partial charge in [-0.1, -0.05) is 44.5 Å². The summed E-state index contributed by atoms with van der Waals surface area (Å²) in [5.41, 5.74) is 0.553. The van der Waals surface area contributed by atoms with Gasteiger partial charge in [0.25, 0.3) is 5.91 Å². The van der Waals surface area contributed by atoms with Crippen molar-refractivity contribution in [3.8, 4) is 0 Å². The lowest BCUT2D eigenvalue weighted by Gasteiger charge is -2.37. The Balaban J connectivity index is 2.31. The van der Waals surface area contributed by atoms with Gasteiger partial charge in [-0.2, -0.15) is 0 Å². The van der Waals surface area contributed by atoms with E-state index in [0.29, 0.717) is 16.3 Å². The molecule has 2 rings (SSSR count). The number of hydrogen-bond donors (Lipinski definition) is 3. The van der Waals surface area contributed by atoms with Crippen molar-refractivity contribution in [3.63, 3.8) is 0 Å². The molecule has 0 aliphatic carbocycles. The van der Waals surface area contributed by atoms with Crippen LogP contribution in [0, 0.1) is 5.41 Å². The van der Waals surface area contributed by atoms with Crippen molar-refractivity contribution in [2.75, 3.05) is 0 Å². The van der Waals surface area contributed by atoms with E-state index in [1.54, 1.807) is 18.2 Å². The molecule has 2 aromatic rings. The summed E-state index contributed by atoms with van der Waals surface area (Å²) < 4.78 is 0.836. The van der Waals surface area contributed by atoms with Gasteiger partial charge in [0.15, 0.2) is 0 Å². The molecular weight excluding hydrogens is 452 g/mol. The number of rotatable bonds is 6. The quantitative estimate of drug-likeness (QED) is 0.540. The number of carboxylic acid groups (broad SMARTS) is 1. The number of carbonyl (C=O) groups excluding carboxylic acids is 1. The average molecular weight is 474 g/mol. The van der Waals surface area contributed by atoms with Gasteiger partial charge in [-0.25, -0.2) is 4.79 Å². The Labute approximate surface area is 176 Å². The van der Waals surface area contributed by atoms with E-state index >= 15 is 0 Å². The van der Waals surface area contributed by atoms with Crippen LogP contribution in [-0.2, 0) is 6.42 Å². The lowest BCUT2D eigenvalue weighted by Crippen LogP contribution is -2.58. The van der Waals surface area contributed by atoms with Crippen molar-refractivity contribution in [2.45, 2.75) is 39.3 Å². The Morgan fingerprint density at radius 1 is 1.22 bits per heavy atom. The summed E-state index contributed by atoms with van der Waals surface area (Å²) in [7, 11) is 0. The largest absolute Gasteiger partial charge is 0.465 e. The van der Waals surface area contributed by atoms with Crippen LogP contribution in [0.3, 0.4) is 0 Å². The van der Waals surface area contributed by atoms with Gasteiger partial charge in [0.05, 0.1) is 17.0 Å².